The number of ether oxygens (including phenoxy) is 1. The molecule has 2 N–H and O–H groups in total. The Bertz CT molecular complexity index is 1240. The highest BCUT2D eigenvalue weighted by molar-refractivity contribution is 6.31. The topological polar surface area (TPSA) is 92.0 Å². The summed E-state index contributed by atoms with van der Waals surface area (Å²) in [5.74, 6) is 0.00923. The number of fused-ring (bicyclic) bond motifs is 3. The highest BCUT2D eigenvalue weighted by Crippen LogP contribution is 2.36. The van der Waals surface area contributed by atoms with E-state index in [0.29, 0.717) is 22.3 Å². The second-order valence-electron chi connectivity index (χ2n) is 6.78. The van der Waals surface area contributed by atoms with E-state index in [1.165, 1.54) is 10.8 Å². The summed E-state index contributed by atoms with van der Waals surface area (Å²) in [6.45, 7) is 0.00867. The highest BCUT2D eigenvalue weighted by atomic mass is 35.5. The Morgan fingerprint density at radius 2 is 2.23 bits per heavy atom. The van der Waals surface area contributed by atoms with E-state index in [4.69, 9.17) is 16.3 Å². The van der Waals surface area contributed by atoms with Crippen LogP contribution in [0.25, 0.3) is 10.9 Å². The first-order chi connectivity index (χ1) is 14.4. The van der Waals surface area contributed by atoms with Gasteiger partial charge in [-0.05, 0) is 24.3 Å². The van der Waals surface area contributed by atoms with Crippen LogP contribution in [-0.4, -0.2) is 28.6 Å². The Hall–Kier alpha value is -3.38. The first kappa shape index (κ1) is 19.9. The highest BCUT2D eigenvalue weighted by Gasteiger charge is 2.28. The minimum absolute atomic E-state index is 0.00867. The quantitative estimate of drug-likeness (QED) is 0.608. The first-order valence-electron chi connectivity index (χ1n) is 9.06. The minimum atomic E-state index is -2.61. The Morgan fingerprint density at radius 1 is 1.43 bits per heavy atom. The van der Waals surface area contributed by atoms with E-state index in [2.05, 4.69) is 15.6 Å². The molecule has 7 nitrogen and oxygen atoms in total. The fourth-order valence-electron chi connectivity index (χ4n) is 3.41. The number of alkyl halides is 2. The summed E-state index contributed by atoms with van der Waals surface area (Å²) in [7, 11) is 1.59. The van der Waals surface area contributed by atoms with E-state index < -0.39 is 18.0 Å². The Labute approximate surface area is 174 Å². The molecule has 1 aromatic carbocycles. The van der Waals surface area contributed by atoms with Crippen LogP contribution in [0.2, 0.25) is 5.15 Å². The number of hydrogen-bond acceptors (Lipinski definition) is 6. The number of aromatic nitrogens is 2. The number of pyridine rings is 2. The SMILES string of the molecule is Cn1c(=O)c2c(c3cc(Nc4ccnc(Cl)c4C#N)ccc31)NC(C(F)F)CCO2. The molecule has 1 atom stereocenters. The van der Waals surface area contributed by atoms with Gasteiger partial charge in [0.15, 0.2) is 0 Å². The van der Waals surface area contributed by atoms with Gasteiger partial charge in [0.05, 0.1) is 29.5 Å². The lowest BCUT2D eigenvalue weighted by Gasteiger charge is -2.19. The molecule has 10 heteroatoms. The summed E-state index contributed by atoms with van der Waals surface area (Å²) in [6, 6.07) is 7.57. The molecule has 0 bridgehead atoms. The van der Waals surface area contributed by atoms with Gasteiger partial charge in [-0.1, -0.05) is 11.6 Å². The minimum Gasteiger partial charge on any atom is -0.486 e. The molecule has 1 aliphatic heterocycles. The van der Waals surface area contributed by atoms with Crippen molar-refractivity contribution < 1.29 is 13.5 Å². The molecule has 30 heavy (non-hydrogen) atoms. The molecule has 3 heterocycles. The van der Waals surface area contributed by atoms with Crippen LogP contribution >= 0.6 is 11.6 Å². The molecule has 1 aliphatic rings. The number of benzene rings is 1. The summed E-state index contributed by atoms with van der Waals surface area (Å²) >= 11 is 5.98. The number of hydrogen-bond donors (Lipinski definition) is 2. The van der Waals surface area contributed by atoms with Crippen molar-refractivity contribution in [2.45, 2.75) is 18.9 Å². The zero-order valence-corrected chi connectivity index (χ0v) is 16.5. The van der Waals surface area contributed by atoms with Crippen LogP contribution in [0, 0.1) is 11.3 Å². The molecule has 3 aromatic rings. The van der Waals surface area contributed by atoms with Crippen molar-refractivity contribution in [1.82, 2.24) is 9.55 Å². The van der Waals surface area contributed by atoms with Crippen LogP contribution < -0.4 is 20.9 Å². The molecule has 0 amide bonds. The molecular weight excluding hydrogens is 416 g/mol. The Morgan fingerprint density at radius 3 is 2.97 bits per heavy atom. The van der Waals surface area contributed by atoms with E-state index in [0.717, 1.165) is 0 Å². The van der Waals surface area contributed by atoms with Gasteiger partial charge in [-0.2, -0.15) is 5.26 Å². The van der Waals surface area contributed by atoms with Crippen LogP contribution in [0.1, 0.15) is 12.0 Å². The van der Waals surface area contributed by atoms with Gasteiger partial charge in [0.25, 0.3) is 12.0 Å². The number of anilines is 3. The van der Waals surface area contributed by atoms with Gasteiger partial charge < -0.3 is 19.9 Å². The van der Waals surface area contributed by atoms with Gasteiger partial charge in [0.1, 0.15) is 16.8 Å². The average Bonchev–Trinajstić information content (AvgIpc) is 2.96. The predicted octanol–water partition coefficient (Wildman–Crippen LogP) is 4.03. The third kappa shape index (κ3) is 3.39. The van der Waals surface area contributed by atoms with Gasteiger partial charge in [0.2, 0.25) is 5.75 Å². The fraction of sp³-hybridized carbons (Fsp3) is 0.250. The molecule has 2 aromatic heterocycles. The van der Waals surface area contributed by atoms with Crippen LogP contribution in [0.5, 0.6) is 5.75 Å². The van der Waals surface area contributed by atoms with E-state index >= 15 is 0 Å². The zero-order valence-electron chi connectivity index (χ0n) is 15.7. The summed E-state index contributed by atoms with van der Waals surface area (Å²) < 4.78 is 33.8. The van der Waals surface area contributed by atoms with E-state index in [1.54, 1.807) is 31.3 Å². The Balaban J connectivity index is 1.87. The van der Waals surface area contributed by atoms with Gasteiger partial charge in [-0.3, -0.25) is 4.79 Å². The lowest BCUT2D eigenvalue weighted by atomic mass is 10.1. The number of rotatable bonds is 3. The van der Waals surface area contributed by atoms with Gasteiger partial charge >= 0.3 is 0 Å². The van der Waals surface area contributed by atoms with Crippen molar-refractivity contribution in [3.63, 3.8) is 0 Å². The van der Waals surface area contributed by atoms with Gasteiger partial charge in [-0.15, -0.1) is 0 Å². The van der Waals surface area contributed by atoms with Crippen molar-refractivity contribution in [1.29, 1.82) is 5.26 Å². The van der Waals surface area contributed by atoms with Crippen molar-refractivity contribution in [3.8, 4) is 11.8 Å². The lowest BCUT2D eigenvalue weighted by molar-refractivity contribution is 0.115. The first-order valence-corrected chi connectivity index (χ1v) is 9.44. The summed E-state index contributed by atoms with van der Waals surface area (Å²) in [5, 5.41) is 15.8. The van der Waals surface area contributed by atoms with Crippen LogP contribution in [-0.2, 0) is 7.05 Å². The van der Waals surface area contributed by atoms with Gasteiger partial charge in [0, 0.05) is 30.7 Å². The normalized spacial score (nSPS) is 15.7. The average molecular weight is 432 g/mol. The lowest BCUT2D eigenvalue weighted by Crippen LogP contribution is -2.28. The second kappa shape index (κ2) is 7.80. The largest absolute Gasteiger partial charge is 0.486 e. The van der Waals surface area contributed by atoms with Crippen LogP contribution in [0.4, 0.5) is 25.8 Å². The summed E-state index contributed by atoms with van der Waals surface area (Å²) in [5.41, 5.74) is 1.56. The number of nitrogens with zero attached hydrogens (tertiary/aromatic N) is 3. The maximum Gasteiger partial charge on any atom is 0.295 e. The molecule has 4 rings (SSSR count). The molecule has 0 spiro atoms. The number of nitrogens with one attached hydrogen (secondary N) is 2. The predicted molar refractivity (Wildman–Crippen MR) is 110 cm³/mol. The molecule has 0 radical (unpaired) electrons. The number of halogens is 3. The van der Waals surface area contributed by atoms with Crippen LogP contribution in [0.15, 0.2) is 35.3 Å². The third-order valence-electron chi connectivity index (χ3n) is 4.96. The molecule has 1 unspecified atom stereocenters. The fourth-order valence-corrected chi connectivity index (χ4v) is 3.61. The van der Waals surface area contributed by atoms with Gasteiger partial charge in [-0.25, -0.2) is 13.8 Å². The van der Waals surface area contributed by atoms with Crippen molar-refractivity contribution in [2.24, 2.45) is 7.05 Å². The van der Waals surface area contributed by atoms with Crippen molar-refractivity contribution >= 4 is 39.6 Å². The van der Waals surface area contributed by atoms with Crippen molar-refractivity contribution in [3.05, 3.63) is 51.5 Å². The molecule has 0 fully saturated rings. The second-order valence-corrected chi connectivity index (χ2v) is 7.14. The monoisotopic (exact) mass is 431 g/mol. The molecule has 0 saturated carbocycles. The number of nitriles is 1. The smallest absolute Gasteiger partial charge is 0.295 e. The zero-order chi connectivity index (χ0) is 21.4. The maximum atomic E-state index is 13.4. The molecule has 0 aliphatic carbocycles. The standard InChI is InChI=1S/C20H16ClF2N5O2/c1-28-15-3-2-10(26-13-4-6-25-18(21)12(13)9-24)8-11(15)16-17(20(28)29)30-7-5-14(27-16)19(22)23/h2-4,6,8,14,19,27H,5,7H2,1H3,(H,25,26). The Kier molecular flexibility index (Phi) is 5.18. The number of aryl methyl sites for hydroxylation is 1. The maximum absolute atomic E-state index is 13.4. The van der Waals surface area contributed by atoms with Crippen LogP contribution in [0.3, 0.4) is 0 Å². The summed E-state index contributed by atoms with van der Waals surface area (Å²) in [4.78, 5) is 16.6. The van der Waals surface area contributed by atoms with Crippen molar-refractivity contribution in [2.75, 3.05) is 17.2 Å². The molecular formula is C20H16ClF2N5O2. The molecule has 154 valence electrons. The van der Waals surface area contributed by atoms with E-state index in [9.17, 15) is 18.8 Å². The summed E-state index contributed by atoms with van der Waals surface area (Å²) in [6.07, 6.45) is -1.09. The van der Waals surface area contributed by atoms with E-state index in [1.807, 2.05) is 6.07 Å². The third-order valence-corrected chi connectivity index (χ3v) is 5.24. The molecule has 0 saturated heterocycles. The van der Waals surface area contributed by atoms with E-state index in [-0.39, 0.29) is 35.2 Å².